The van der Waals surface area contributed by atoms with Gasteiger partial charge in [0.25, 0.3) is 0 Å². The van der Waals surface area contributed by atoms with E-state index in [4.69, 9.17) is 11.5 Å². The molecule has 1 atom stereocenters. The standard InChI is InChI=1S/C10H15NO2/c1-4-5-9(3)11-7-8(2)6-10(12)13/h1,6,9,11H,5,7H2,2-3H3,(H,12,13). The summed E-state index contributed by atoms with van der Waals surface area (Å²) in [5.41, 5.74) is 0.788. The average Bonchev–Trinajstić information content (AvgIpc) is 2.00. The average molecular weight is 181 g/mol. The highest BCUT2D eigenvalue weighted by Gasteiger charge is 1.99. The van der Waals surface area contributed by atoms with E-state index >= 15 is 0 Å². The maximum absolute atomic E-state index is 10.2. The van der Waals surface area contributed by atoms with E-state index in [1.807, 2.05) is 6.92 Å². The molecule has 72 valence electrons. The number of nitrogens with one attached hydrogen (secondary N) is 1. The van der Waals surface area contributed by atoms with Crippen LogP contribution in [0.2, 0.25) is 0 Å². The van der Waals surface area contributed by atoms with Crippen molar-refractivity contribution < 1.29 is 9.90 Å². The summed E-state index contributed by atoms with van der Waals surface area (Å²) in [7, 11) is 0. The van der Waals surface area contributed by atoms with Crippen LogP contribution in [-0.2, 0) is 4.79 Å². The Kier molecular flexibility index (Phi) is 5.66. The van der Waals surface area contributed by atoms with Gasteiger partial charge in [0.1, 0.15) is 0 Å². The lowest BCUT2D eigenvalue weighted by molar-refractivity contribution is -0.131. The minimum Gasteiger partial charge on any atom is -0.478 e. The summed E-state index contributed by atoms with van der Waals surface area (Å²) in [6, 6.07) is 0.224. The quantitative estimate of drug-likeness (QED) is 0.491. The van der Waals surface area contributed by atoms with Crippen molar-refractivity contribution in [2.24, 2.45) is 0 Å². The number of carboxylic acid groups (broad SMARTS) is 1. The molecule has 2 N–H and O–H groups in total. The molecule has 0 aromatic heterocycles. The topological polar surface area (TPSA) is 49.3 Å². The minimum absolute atomic E-state index is 0.224. The van der Waals surface area contributed by atoms with Gasteiger partial charge in [0, 0.05) is 25.1 Å². The van der Waals surface area contributed by atoms with E-state index in [1.165, 1.54) is 6.08 Å². The zero-order valence-corrected chi connectivity index (χ0v) is 8.00. The van der Waals surface area contributed by atoms with Crippen LogP contribution in [0.5, 0.6) is 0 Å². The van der Waals surface area contributed by atoms with Crippen LogP contribution in [0, 0.1) is 12.3 Å². The molecule has 0 spiro atoms. The number of rotatable bonds is 5. The Balaban J connectivity index is 3.77. The number of aliphatic carboxylic acids is 1. The van der Waals surface area contributed by atoms with Crippen LogP contribution in [0.4, 0.5) is 0 Å². The van der Waals surface area contributed by atoms with E-state index in [-0.39, 0.29) is 6.04 Å². The van der Waals surface area contributed by atoms with E-state index in [2.05, 4.69) is 11.2 Å². The van der Waals surface area contributed by atoms with Crippen LogP contribution in [0.25, 0.3) is 0 Å². The van der Waals surface area contributed by atoms with Crippen molar-refractivity contribution in [2.45, 2.75) is 26.3 Å². The molecule has 0 radical (unpaired) electrons. The molecular formula is C10H15NO2. The molecule has 0 aliphatic heterocycles. The smallest absolute Gasteiger partial charge is 0.328 e. The molecule has 0 aromatic rings. The van der Waals surface area contributed by atoms with Gasteiger partial charge < -0.3 is 10.4 Å². The van der Waals surface area contributed by atoms with E-state index in [9.17, 15) is 4.79 Å². The summed E-state index contributed by atoms with van der Waals surface area (Å²) >= 11 is 0. The van der Waals surface area contributed by atoms with Crippen molar-refractivity contribution in [2.75, 3.05) is 6.54 Å². The van der Waals surface area contributed by atoms with Gasteiger partial charge >= 0.3 is 5.97 Å². The van der Waals surface area contributed by atoms with Crippen molar-refractivity contribution in [3.05, 3.63) is 11.6 Å². The lowest BCUT2D eigenvalue weighted by Gasteiger charge is -2.10. The maximum Gasteiger partial charge on any atom is 0.328 e. The Hall–Kier alpha value is -1.27. The SMILES string of the molecule is C#CCC(C)NCC(C)=CC(=O)O. The fraction of sp³-hybridized carbons (Fsp3) is 0.500. The Morgan fingerprint density at radius 3 is 2.85 bits per heavy atom. The van der Waals surface area contributed by atoms with Gasteiger partial charge in [-0.05, 0) is 13.8 Å². The number of carboxylic acids is 1. The zero-order chi connectivity index (χ0) is 10.3. The molecule has 3 heteroatoms. The Morgan fingerprint density at radius 2 is 2.38 bits per heavy atom. The minimum atomic E-state index is -0.913. The van der Waals surface area contributed by atoms with Crippen LogP contribution in [0.3, 0.4) is 0 Å². The molecule has 13 heavy (non-hydrogen) atoms. The second-order valence-corrected chi connectivity index (χ2v) is 3.02. The Morgan fingerprint density at radius 1 is 1.77 bits per heavy atom. The summed E-state index contributed by atoms with van der Waals surface area (Å²) in [4.78, 5) is 10.2. The van der Waals surface area contributed by atoms with Gasteiger partial charge in [-0.1, -0.05) is 5.57 Å². The lowest BCUT2D eigenvalue weighted by Crippen LogP contribution is -2.27. The molecule has 0 aliphatic carbocycles. The number of terminal acetylenes is 1. The van der Waals surface area contributed by atoms with E-state index in [1.54, 1.807) is 6.92 Å². The van der Waals surface area contributed by atoms with Crippen molar-refractivity contribution in [3.8, 4) is 12.3 Å². The van der Waals surface area contributed by atoms with Crippen LogP contribution in [0.15, 0.2) is 11.6 Å². The Labute approximate surface area is 78.8 Å². The van der Waals surface area contributed by atoms with Gasteiger partial charge in [-0.3, -0.25) is 0 Å². The molecule has 0 saturated heterocycles. The zero-order valence-electron chi connectivity index (χ0n) is 8.00. The molecule has 0 aliphatic rings. The highest BCUT2D eigenvalue weighted by atomic mass is 16.4. The first kappa shape index (κ1) is 11.7. The van der Waals surface area contributed by atoms with Gasteiger partial charge in [0.15, 0.2) is 0 Å². The first-order valence-electron chi connectivity index (χ1n) is 4.13. The second kappa shape index (κ2) is 6.27. The second-order valence-electron chi connectivity index (χ2n) is 3.02. The third-order valence-electron chi connectivity index (χ3n) is 1.52. The van der Waals surface area contributed by atoms with Crippen LogP contribution in [0.1, 0.15) is 20.3 Å². The number of hydrogen-bond acceptors (Lipinski definition) is 2. The third-order valence-corrected chi connectivity index (χ3v) is 1.52. The predicted molar refractivity (Wildman–Crippen MR) is 52.3 cm³/mol. The van der Waals surface area contributed by atoms with Gasteiger partial charge in [-0.2, -0.15) is 0 Å². The van der Waals surface area contributed by atoms with Crippen LogP contribution in [-0.4, -0.2) is 23.7 Å². The fourth-order valence-electron chi connectivity index (χ4n) is 0.846. The molecule has 0 heterocycles. The first-order chi connectivity index (χ1) is 6.06. The largest absolute Gasteiger partial charge is 0.478 e. The van der Waals surface area contributed by atoms with E-state index in [0.717, 1.165) is 5.57 Å². The lowest BCUT2D eigenvalue weighted by atomic mass is 10.2. The molecule has 0 bridgehead atoms. The fourth-order valence-corrected chi connectivity index (χ4v) is 0.846. The summed E-state index contributed by atoms with van der Waals surface area (Å²) in [5, 5.41) is 11.5. The van der Waals surface area contributed by atoms with Gasteiger partial charge in [0.05, 0.1) is 0 Å². The van der Waals surface area contributed by atoms with Crippen molar-refractivity contribution in [3.63, 3.8) is 0 Å². The summed E-state index contributed by atoms with van der Waals surface area (Å²) in [6.07, 6.45) is 6.96. The molecule has 0 rings (SSSR count). The van der Waals surface area contributed by atoms with Crippen molar-refractivity contribution >= 4 is 5.97 Å². The van der Waals surface area contributed by atoms with Crippen molar-refractivity contribution in [1.29, 1.82) is 0 Å². The van der Waals surface area contributed by atoms with Gasteiger partial charge in [-0.25, -0.2) is 4.79 Å². The van der Waals surface area contributed by atoms with E-state index in [0.29, 0.717) is 13.0 Å². The monoisotopic (exact) mass is 181 g/mol. The predicted octanol–water partition coefficient (Wildman–Crippen LogP) is 1.02. The summed E-state index contributed by atoms with van der Waals surface area (Å²) < 4.78 is 0. The molecule has 0 amide bonds. The third kappa shape index (κ3) is 7.10. The molecule has 3 nitrogen and oxygen atoms in total. The van der Waals surface area contributed by atoms with Gasteiger partial charge in [0.2, 0.25) is 0 Å². The molecule has 0 saturated carbocycles. The highest BCUT2D eigenvalue weighted by molar-refractivity contribution is 5.80. The number of carbonyl (C=O) groups is 1. The van der Waals surface area contributed by atoms with Crippen molar-refractivity contribution in [1.82, 2.24) is 5.32 Å². The molecule has 0 aromatic carbocycles. The maximum atomic E-state index is 10.2. The highest BCUT2D eigenvalue weighted by Crippen LogP contribution is 1.93. The molecule has 0 fully saturated rings. The molecule has 1 unspecified atom stereocenters. The van der Waals surface area contributed by atoms with E-state index < -0.39 is 5.97 Å². The number of hydrogen-bond donors (Lipinski definition) is 2. The molecular weight excluding hydrogens is 166 g/mol. The Bertz CT molecular complexity index is 238. The van der Waals surface area contributed by atoms with Crippen LogP contribution < -0.4 is 5.32 Å². The van der Waals surface area contributed by atoms with Crippen LogP contribution >= 0.6 is 0 Å². The normalized spacial score (nSPS) is 13.5. The van der Waals surface area contributed by atoms with Gasteiger partial charge in [-0.15, -0.1) is 12.3 Å². The first-order valence-corrected chi connectivity index (χ1v) is 4.13. The summed E-state index contributed by atoms with van der Waals surface area (Å²) in [5.74, 6) is 1.62. The summed E-state index contributed by atoms with van der Waals surface area (Å²) in [6.45, 7) is 4.30.